The van der Waals surface area contributed by atoms with E-state index >= 15 is 0 Å². The highest BCUT2D eigenvalue weighted by atomic mass is 16.3. The lowest BCUT2D eigenvalue weighted by Crippen LogP contribution is -2.65. The number of aromatic hydroxyl groups is 2. The van der Waals surface area contributed by atoms with Gasteiger partial charge in [0, 0.05) is 23.6 Å². The maximum atomic E-state index is 10.1. The molecular weight excluding hydrogens is 348 g/mol. The van der Waals surface area contributed by atoms with Crippen LogP contribution in [0.4, 0.5) is 0 Å². The highest BCUT2D eigenvalue weighted by Gasteiger charge is 2.63. The van der Waals surface area contributed by atoms with Gasteiger partial charge in [-0.2, -0.15) is 0 Å². The molecule has 0 amide bonds. The van der Waals surface area contributed by atoms with Gasteiger partial charge in [-0.1, -0.05) is 38.1 Å². The molecule has 3 saturated carbocycles. The molecule has 2 N–H and O–H groups in total. The summed E-state index contributed by atoms with van der Waals surface area (Å²) in [6, 6.07) is 14.6. The minimum atomic E-state index is -0.346. The Balaban J connectivity index is 1.67. The van der Waals surface area contributed by atoms with Crippen molar-refractivity contribution in [2.45, 2.75) is 45.2 Å². The summed E-state index contributed by atoms with van der Waals surface area (Å²) in [4.78, 5) is 9.90. The van der Waals surface area contributed by atoms with Crippen molar-refractivity contribution in [1.82, 2.24) is 0 Å². The Morgan fingerprint density at radius 3 is 2.00 bits per heavy atom. The molecule has 5 rings (SSSR count). The van der Waals surface area contributed by atoms with Crippen LogP contribution in [0, 0.1) is 17.3 Å². The summed E-state index contributed by atoms with van der Waals surface area (Å²) in [5.41, 5.74) is 1.35. The molecule has 4 heteroatoms. The second-order valence-corrected chi connectivity index (χ2v) is 8.94. The van der Waals surface area contributed by atoms with Crippen LogP contribution in [0.2, 0.25) is 0 Å². The monoisotopic (exact) mass is 376 g/mol. The Labute approximate surface area is 166 Å². The van der Waals surface area contributed by atoms with E-state index < -0.39 is 0 Å². The van der Waals surface area contributed by atoms with Crippen LogP contribution in [0.3, 0.4) is 0 Å². The molecule has 0 aromatic heterocycles. The fourth-order valence-corrected chi connectivity index (χ4v) is 5.11. The van der Waals surface area contributed by atoms with Crippen molar-refractivity contribution in [3.63, 3.8) is 0 Å². The van der Waals surface area contributed by atoms with Gasteiger partial charge in [-0.3, -0.25) is 9.98 Å². The SMILES string of the molecule is CC1(C)C2CC1[C@](C)(N=Cc1ccccc1O)[C@@H](N=Cc1ccccc1O)C2. The summed E-state index contributed by atoms with van der Waals surface area (Å²) < 4.78 is 0. The van der Waals surface area contributed by atoms with Crippen LogP contribution in [0.1, 0.15) is 44.7 Å². The van der Waals surface area contributed by atoms with E-state index in [0.717, 1.165) is 17.5 Å². The number of phenols is 2. The summed E-state index contributed by atoms with van der Waals surface area (Å²) in [5, 5.41) is 20.2. The van der Waals surface area contributed by atoms with E-state index in [2.05, 4.69) is 20.8 Å². The first kappa shape index (κ1) is 18.7. The second kappa shape index (κ2) is 6.77. The largest absolute Gasteiger partial charge is 0.507 e. The molecule has 146 valence electrons. The molecule has 3 aliphatic carbocycles. The highest BCUT2D eigenvalue weighted by Crippen LogP contribution is 2.64. The molecule has 2 aromatic rings. The number of benzene rings is 2. The molecule has 2 aromatic carbocycles. The molecule has 0 aliphatic heterocycles. The van der Waals surface area contributed by atoms with Gasteiger partial charge in [-0.05, 0) is 61.3 Å². The molecule has 3 aliphatic rings. The predicted octanol–water partition coefficient (Wildman–Crippen LogP) is 4.83. The van der Waals surface area contributed by atoms with Crippen LogP contribution in [0.15, 0.2) is 58.5 Å². The summed E-state index contributed by atoms with van der Waals surface area (Å²) in [6.45, 7) is 6.86. The standard InChI is InChI=1S/C24H28N2O2/c1-23(2)18-12-21(23)24(3,26-15-17-9-5-7-11-20(17)28)22(13-18)25-14-16-8-4-6-10-19(16)27/h4-11,14-15,18,21-22,27-28H,12-13H2,1-3H3/t18?,21?,22-,24-/m0/s1. The van der Waals surface area contributed by atoms with Crippen LogP contribution >= 0.6 is 0 Å². The van der Waals surface area contributed by atoms with Crippen LogP contribution < -0.4 is 0 Å². The van der Waals surface area contributed by atoms with E-state index in [1.807, 2.05) is 36.4 Å². The van der Waals surface area contributed by atoms with Crippen molar-refractivity contribution < 1.29 is 10.2 Å². The van der Waals surface area contributed by atoms with Gasteiger partial charge in [0.2, 0.25) is 0 Å². The van der Waals surface area contributed by atoms with Crippen molar-refractivity contribution in [3.8, 4) is 11.5 Å². The first-order valence-corrected chi connectivity index (χ1v) is 9.97. The van der Waals surface area contributed by atoms with Gasteiger partial charge in [0.25, 0.3) is 0 Å². The molecule has 28 heavy (non-hydrogen) atoms. The average Bonchev–Trinajstić information content (AvgIpc) is 2.67. The third-order valence-corrected chi connectivity index (χ3v) is 7.11. The van der Waals surface area contributed by atoms with E-state index in [1.54, 1.807) is 24.6 Å². The molecule has 2 unspecified atom stereocenters. The molecule has 3 fully saturated rings. The number of fused-ring (bicyclic) bond motifs is 2. The molecule has 4 nitrogen and oxygen atoms in total. The predicted molar refractivity (Wildman–Crippen MR) is 114 cm³/mol. The van der Waals surface area contributed by atoms with Crippen LogP contribution in [0.5, 0.6) is 11.5 Å². The van der Waals surface area contributed by atoms with E-state index in [-0.39, 0.29) is 28.5 Å². The zero-order valence-electron chi connectivity index (χ0n) is 16.7. The van der Waals surface area contributed by atoms with Gasteiger partial charge in [-0.15, -0.1) is 0 Å². The van der Waals surface area contributed by atoms with E-state index in [0.29, 0.717) is 11.8 Å². The number of para-hydroxylation sites is 2. The van der Waals surface area contributed by atoms with Gasteiger partial charge in [0.05, 0.1) is 11.6 Å². The zero-order chi connectivity index (χ0) is 19.9. The Hall–Kier alpha value is -2.62. The summed E-state index contributed by atoms with van der Waals surface area (Å²) >= 11 is 0. The number of hydrogen-bond donors (Lipinski definition) is 2. The van der Waals surface area contributed by atoms with E-state index in [9.17, 15) is 10.2 Å². The molecule has 0 spiro atoms. The highest BCUT2D eigenvalue weighted by molar-refractivity contribution is 5.84. The Kier molecular flexibility index (Phi) is 4.53. The normalized spacial score (nSPS) is 31.2. The molecular formula is C24H28N2O2. The van der Waals surface area contributed by atoms with Gasteiger partial charge in [-0.25, -0.2) is 0 Å². The maximum Gasteiger partial charge on any atom is 0.124 e. The van der Waals surface area contributed by atoms with Crippen LogP contribution in [0.25, 0.3) is 0 Å². The summed E-state index contributed by atoms with van der Waals surface area (Å²) in [5.74, 6) is 1.57. The first-order valence-electron chi connectivity index (χ1n) is 9.97. The van der Waals surface area contributed by atoms with Crippen molar-refractivity contribution in [3.05, 3.63) is 59.7 Å². The van der Waals surface area contributed by atoms with Crippen molar-refractivity contribution in [2.24, 2.45) is 27.2 Å². The third-order valence-electron chi connectivity index (χ3n) is 7.11. The lowest BCUT2D eigenvalue weighted by Gasteiger charge is -2.65. The Morgan fingerprint density at radius 1 is 0.857 bits per heavy atom. The lowest BCUT2D eigenvalue weighted by molar-refractivity contribution is -0.119. The smallest absolute Gasteiger partial charge is 0.124 e. The molecule has 4 atom stereocenters. The molecule has 0 heterocycles. The third kappa shape index (κ3) is 3.01. The number of aliphatic imine (C=N–C) groups is 2. The minimum absolute atomic E-state index is 0.0472. The first-order chi connectivity index (χ1) is 13.3. The molecule has 0 radical (unpaired) electrons. The molecule has 2 bridgehead atoms. The van der Waals surface area contributed by atoms with Gasteiger partial charge < -0.3 is 10.2 Å². The topological polar surface area (TPSA) is 65.2 Å². The maximum absolute atomic E-state index is 10.1. The van der Waals surface area contributed by atoms with E-state index in [1.165, 1.54) is 6.42 Å². The van der Waals surface area contributed by atoms with Gasteiger partial charge in [0.15, 0.2) is 0 Å². The fourth-order valence-electron chi connectivity index (χ4n) is 5.11. The van der Waals surface area contributed by atoms with Crippen molar-refractivity contribution >= 4 is 12.4 Å². The average molecular weight is 377 g/mol. The Morgan fingerprint density at radius 2 is 1.43 bits per heavy atom. The van der Waals surface area contributed by atoms with Gasteiger partial charge in [0.1, 0.15) is 11.5 Å². The van der Waals surface area contributed by atoms with Crippen LogP contribution in [-0.4, -0.2) is 34.2 Å². The van der Waals surface area contributed by atoms with Gasteiger partial charge >= 0.3 is 0 Å². The minimum Gasteiger partial charge on any atom is -0.507 e. The number of nitrogens with zero attached hydrogens (tertiary/aromatic N) is 2. The quantitative estimate of drug-likeness (QED) is 0.751. The number of phenolic OH excluding ortho intramolecular Hbond substituents is 2. The fraction of sp³-hybridized carbons (Fsp3) is 0.417. The Bertz CT molecular complexity index is 934. The lowest BCUT2D eigenvalue weighted by atomic mass is 9.42. The number of rotatable bonds is 4. The summed E-state index contributed by atoms with van der Waals surface area (Å²) in [7, 11) is 0. The number of hydrogen-bond acceptors (Lipinski definition) is 4. The zero-order valence-corrected chi connectivity index (χ0v) is 16.7. The second-order valence-electron chi connectivity index (χ2n) is 8.94. The van der Waals surface area contributed by atoms with E-state index in [4.69, 9.17) is 9.98 Å². The van der Waals surface area contributed by atoms with Crippen molar-refractivity contribution in [1.29, 1.82) is 0 Å². The van der Waals surface area contributed by atoms with Crippen molar-refractivity contribution in [2.75, 3.05) is 0 Å². The molecule has 0 saturated heterocycles. The van der Waals surface area contributed by atoms with Crippen LogP contribution in [-0.2, 0) is 0 Å². The summed E-state index contributed by atoms with van der Waals surface area (Å²) in [6.07, 6.45) is 5.74.